The molecule has 0 fully saturated rings. The number of halogens is 3. The van der Waals surface area contributed by atoms with Crippen LogP contribution >= 0.6 is 45.8 Å². The molecule has 1 aromatic carbocycles. The van der Waals surface area contributed by atoms with Crippen LogP contribution < -0.4 is 0 Å². The van der Waals surface area contributed by atoms with Crippen LogP contribution in [0.2, 0.25) is 10.0 Å². The summed E-state index contributed by atoms with van der Waals surface area (Å²) in [6.45, 7) is 0. The zero-order valence-corrected chi connectivity index (χ0v) is 9.31. The Bertz CT molecular complexity index is 338. The maximum atomic E-state index is 10.6. The highest BCUT2D eigenvalue weighted by molar-refractivity contribution is 14.1. The zero-order chi connectivity index (χ0) is 9.30. The maximum Gasteiger partial charge on any atom is 0.336 e. The van der Waals surface area contributed by atoms with Gasteiger partial charge in [0.15, 0.2) is 0 Å². The molecule has 0 aromatic heterocycles. The molecule has 0 radical (unpaired) electrons. The molecule has 1 N–H and O–H groups in total. The Morgan fingerprint density at radius 3 is 2.50 bits per heavy atom. The van der Waals surface area contributed by atoms with Crippen LogP contribution in [0.4, 0.5) is 0 Å². The summed E-state index contributed by atoms with van der Waals surface area (Å²) < 4.78 is 0.467. The van der Waals surface area contributed by atoms with E-state index < -0.39 is 5.97 Å². The Balaban J connectivity index is 3.36. The van der Waals surface area contributed by atoms with Crippen molar-refractivity contribution in [3.05, 3.63) is 31.3 Å². The summed E-state index contributed by atoms with van der Waals surface area (Å²) in [5.74, 6) is -1.00. The van der Waals surface area contributed by atoms with Gasteiger partial charge in [-0.05, 0) is 34.7 Å². The number of carboxylic acids is 1. The highest BCUT2D eigenvalue weighted by atomic mass is 127. The second-order valence-electron chi connectivity index (χ2n) is 2.03. The van der Waals surface area contributed by atoms with E-state index in [0.717, 1.165) is 0 Å². The second kappa shape index (κ2) is 3.81. The third-order valence-electron chi connectivity index (χ3n) is 1.27. The zero-order valence-electron chi connectivity index (χ0n) is 5.64. The van der Waals surface area contributed by atoms with Crippen molar-refractivity contribution in [2.75, 3.05) is 0 Å². The molecule has 0 amide bonds. The molecular formula is C7H3Cl2IO2. The van der Waals surface area contributed by atoms with Gasteiger partial charge in [-0.15, -0.1) is 0 Å². The first-order valence-electron chi connectivity index (χ1n) is 2.91. The van der Waals surface area contributed by atoms with Crippen LogP contribution in [-0.2, 0) is 0 Å². The molecule has 0 spiro atoms. The van der Waals surface area contributed by atoms with Gasteiger partial charge < -0.3 is 5.11 Å². The highest BCUT2D eigenvalue weighted by Crippen LogP contribution is 2.29. The normalized spacial score (nSPS) is 9.92. The summed E-state index contributed by atoms with van der Waals surface area (Å²) in [4.78, 5) is 10.6. The van der Waals surface area contributed by atoms with E-state index in [2.05, 4.69) is 0 Å². The summed E-state index contributed by atoms with van der Waals surface area (Å²) >= 11 is 13.2. The monoisotopic (exact) mass is 316 g/mol. The quantitative estimate of drug-likeness (QED) is 0.637. The van der Waals surface area contributed by atoms with Gasteiger partial charge in [0.2, 0.25) is 0 Å². The number of aromatic carboxylic acids is 1. The minimum Gasteiger partial charge on any atom is -0.478 e. The molecule has 64 valence electrons. The van der Waals surface area contributed by atoms with Gasteiger partial charge in [-0.25, -0.2) is 4.79 Å². The fraction of sp³-hybridized carbons (Fsp3) is 0. The maximum absolute atomic E-state index is 10.6. The SMILES string of the molecule is O=C(O)c1ccc(Cl)c(Cl)c1I. The predicted octanol–water partition coefficient (Wildman–Crippen LogP) is 3.30. The van der Waals surface area contributed by atoms with E-state index >= 15 is 0 Å². The van der Waals surface area contributed by atoms with E-state index in [4.69, 9.17) is 28.3 Å². The van der Waals surface area contributed by atoms with Crippen LogP contribution in [0, 0.1) is 3.57 Å². The molecule has 0 aliphatic rings. The summed E-state index contributed by atoms with van der Waals surface area (Å²) in [5.41, 5.74) is 0.171. The molecule has 12 heavy (non-hydrogen) atoms. The van der Waals surface area contributed by atoms with Crippen molar-refractivity contribution >= 4 is 51.8 Å². The molecule has 0 bridgehead atoms. The topological polar surface area (TPSA) is 37.3 Å². The van der Waals surface area contributed by atoms with E-state index in [1.54, 1.807) is 0 Å². The van der Waals surface area contributed by atoms with E-state index in [1.807, 2.05) is 22.6 Å². The van der Waals surface area contributed by atoms with Gasteiger partial charge in [-0.2, -0.15) is 0 Å². The lowest BCUT2D eigenvalue weighted by Crippen LogP contribution is -1.99. The van der Waals surface area contributed by atoms with Crippen molar-refractivity contribution in [1.82, 2.24) is 0 Å². The molecule has 1 rings (SSSR count). The summed E-state index contributed by atoms with van der Waals surface area (Å²) in [7, 11) is 0. The van der Waals surface area contributed by atoms with Crippen molar-refractivity contribution in [3.63, 3.8) is 0 Å². The average Bonchev–Trinajstić information content (AvgIpc) is 2.00. The van der Waals surface area contributed by atoms with Crippen LogP contribution in [0.3, 0.4) is 0 Å². The van der Waals surface area contributed by atoms with Crippen molar-refractivity contribution in [3.8, 4) is 0 Å². The Labute approximate surface area is 92.6 Å². The standard InChI is InChI=1S/C7H3Cl2IO2/c8-4-2-1-3(7(11)12)6(10)5(4)9/h1-2H,(H,11,12). The number of benzene rings is 1. The lowest BCUT2D eigenvalue weighted by atomic mass is 10.2. The van der Waals surface area contributed by atoms with Crippen molar-refractivity contribution in [2.24, 2.45) is 0 Å². The number of rotatable bonds is 1. The van der Waals surface area contributed by atoms with Gasteiger partial charge >= 0.3 is 5.97 Å². The van der Waals surface area contributed by atoms with Gasteiger partial charge in [0.1, 0.15) is 0 Å². The van der Waals surface area contributed by atoms with Crippen molar-refractivity contribution in [2.45, 2.75) is 0 Å². The third kappa shape index (κ3) is 1.84. The average molecular weight is 317 g/mol. The third-order valence-corrected chi connectivity index (χ3v) is 3.51. The number of hydrogen-bond acceptors (Lipinski definition) is 1. The first-order chi connectivity index (χ1) is 5.54. The first kappa shape index (κ1) is 10.1. The van der Waals surface area contributed by atoms with Gasteiger partial charge in [-0.1, -0.05) is 23.2 Å². The molecule has 2 nitrogen and oxygen atoms in total. The Morgan fingerprint density at radius 1 is 1.42 bits per heavy atom. The van der Waals surface area contributed by atoms with Gasteiger partial charge in [0, 0.05) is 3.57 Å². The Morgan fingerprint density at radius 2 is 2.00 bits per heavy atom. The van der Waals surface area contributed by atoms with Gasteiger partial charge in [0.25, 0.3) is 0 Å². The van der Waals surface area contributed by atoms with Gasteiger partial charge in [-0.3, -0.25) is 0 Å². The van der Waals surface area contributed by atoms with E-state index in [9.17, 15) is 4.79 Å². The van der Waals surface area contributed by atoms with E-state index in [1.165, 1.54) is 12.1 Å². The molecule has 0 heterocycles. The Kier molecular flexibility index (Phi) is 3.20. The smallest absolute Gasteiger partial charge is 0.336 e. The van der Waals surface area contributed by atoms with Crippen molar-refractivity contribution in [1.29, 1.82) is 0 Å². The number of hydrogen-bond donors (Lipinski definition) is 1. The lowest BCUT2D eigenvalue weighted by Gasteiger charge is -2.02. The molecule has 1 aromatic rings. The molecule has 0 atom stereocenters. The predicted molar refractivity (Wildman–Crippen MR) is 56.1 cm³/mol. The van der Waals surface area contributed by atoms with Gasteiger partial charge in [0.05, 0.1) is 15.6 Å². The fourth-order valence-electron chi connectivity index (χ4n) is 0.691. The molecule has 0 aliphatic heterocycles. The summed E-state index contributed by atoms with van der Waals surface area (Å²) in [6, 6.07) is 2.90. The highest BCUT2D eigenvalue weighted by Gasteiger charge is 2.12. The first-order valence-corrected chi connectivity index (χ1v) is 4.74. The largest absolute Gasteiger partial charge is 0.478 e. The number of carboxylic acid groups (broad SMARTS) is 1. The lowest BCUT2D eigenvalue weighted by molar-refractivity contribution is 0.0696. The van der Waals surface area contributed by atoms with Crippen LogP contribution in [0.1, 0.15) is 10.4 Å². The summed E-state index contributed by atoms with van der Waals surface area (Å²) in [5, 5.41) is 9.33. The number of carbonyl (C=O) groups is 1. The molecular weight excluding hydrogens is 314 g/mol. The van der Waals surface area contributed by atoms with E-state index in [-0.39, 0.29) is 10.6 Å². The molecule has 5 heteroatoms. The molecule has 0 saturated carbocycles. The van der Waals surface area contributed by atoms with Crippen molar-refractivity contribution < 1.29 is 9.90 Å². The van der Waals surface area contributed by atoms with E-state index in [0.29, 0.717) is 8.59 Å². The Hall–Kier alpha value is -0.000000000000000111. The van der Waals surface area contributed by atoms with Crippen LogP contribution in [0.25, 0.3) is 0 Å². The van der Waals surface area contributed by atoms with Crippen LogP contribution in [-0.4, -0.2) is 11.1 Å². The molecule has 0 saturated heterocycles. The minimum absolute atomic E-state index is 0.171. The van der Waals surface area contributed by atoms with Crippen LogP contribution in [0.15, 0.2) is 12.1 Å². The fourth-order valence-corrected chi connectivity index (χ4v) is 1.87. The summed E-state index contributed by atoms with van der Waals surface area (Å²) in [6.07, 6.45) is 0. The molecule has 0 unspecified atom stereocenters. The van der Waals surface area contributed by atoms with Crippen LogP contribution in [0.5, 0.6) is 0 Å². The second-order valence-corrected chi connectivity index (χ2v) is 3.89. The molecule has 0 aliphatic carbocycles. The minimum atomic E-state index is -1.00.